The highest BCUT2D eigenvalue weighted by Crippen LogP contribution is 2.34. The minimum absolute atomic E-state index is 0.303. The van der Waals surface area contributed by atoms with Crippen molar-refractivity contribution in [1.29, 1.82) is 0 Å². The number of aliphatic hydroxyl groups is 3. The third kappa shape index (κ3) is 6.32. The highest BCUT2D eigenvalue weighted by atomic mass is 16.7. The van der Waals surface area contributed by atoms with Gasteiger partial charge in [0.25, 0.3) is 11.5 Å². The molecule has 16 nitrogen and oxygen atoms in total. The lowest BCUT2D eigenvalue weighted by Gasteiger charge is -2.35. The van der Waals surface area contributed by atoms with E-state index in [-0.39, 0.29) is 0 Å². The Bertz CT molecular complexity index is 1410. The first kappa shape index (κ1) is 29.9. The first-order valence-electron chi connectivity index (χ1n) is 12.5. The fraction of sp³-hybridized carbons (Fsp3) is 0.440. The van der Waals surface area contributed by atoms with Gasteiger partial charge < -0.3 is 50.1 Å². The number of hydrogen-bond acceptors (Lipinski definition) is 12. The second kappa shape index (κ2) is 12.6. The predicted octanol–water partition coefficient (Wildman–Crippen LogP) is -2.32. The van der Waals surface area contributed by atoms with Crippen LogP contribution in [0.5, 0.6) is 5.75 Å². The number of amides is 2. The molecule has 3 heterocycles. The van der Waals surface area contributed by atoms with Crippen LogP contribution in [0.3, 0.4) is 0 Å². The van der Waals surface area contributed by atoms with E-state index in [1.165, 1.54) is 7.11 Å². The number of aromatic nitrogens is 2. The summed E-state index contributed by atoms with van der Waals surface area (Å²) in [6.07, 6.45) is -10.8. The highest BCUT2D eigenvalue weighted by Gasteiger charge is 2.52. The molecule has 1 fully saturated rings. The first-order valence-corrected chi connectivity index (χ1v) is 12.5. The van der Waals surface area contributed by atoms with Crippen molar-refractivity contribution >= 4 is 17.5 Å². The number of aliphatic hydroxyl groups excluding tert-OH is 3. The molecule has 0 aliphatic carbocycles. The Morgan fingerprint density at radius 2 is 1.90 bits per heavy atom. The molecule has 2 aromatic rings. The van der Waals surface area contributed by atoms with E-state index >= 15 is 0 Å². The van der Waals surface area contributed by atoms with Gasteiger partial charge in [0, 0.05) is 19.4 Å². The molecule has 2 aliphatic heterocycles. The Hall–Kier alpha value is -4.06. The van der Waals surface area contributed by atoms with Gasteiger partial charge in [-0.05, 0) is 25.1 Å². The maximum absolute atomic E-state index is 13.0. The lowest BCUT2D eigenvalue weighted by atomic mass is 10.0. The molecule has 1 aromatic heterocycles. The number of benzene rings is 1. The van der Waals surface area contributed by atoms with Gasteiger partial charge in [0.1, 0.15) is 36.3 Å². The van der Waals surface area contributed by atoms with Crippen LogP contribution in [-0.2, 0) is 28.5 Å². The summed E-state index contributed by atoms with van der Waals surface area (Å²) in [4.78, 5) is 51.2. The first-order chi connectivity index (χ1) is 19.5. The number of anilines is 1. The summed E-state index contributed by atoms with van der Waals surface area (Å²) in [5.41, 5.74) is 4.25. The Balaban J connectivity index is 1.55. The van der Waals surface area contributed by atoms with Crippen molar-refractivity contribution in [2.45, 2.75) is 56.1 Å². The van der Waals surface area contributed by atoms with E-state index in [1.807, 2.05) is 4.98 Å². The molecule has 1 saturated heterocycles. The number of ether oxygens (including phenoxy) is 5. The second-order valence-electron chi connectivity index (χ2n) is 9.04. The van der Waals surface area contributed by atoms with Gasteiger partial charge in [-0.1, -0.05) is 12.1 Å². The lowest BCUT2D eigenvalue weighted by molar-refractivity contribution is -0.241. The van der Waals surface area contributed by atoms with Gasteiger partial charge >= 0.3 is 5.69 Å². The van der Waals surface area contributed by atoms with Gasteiger partial charge in [0.15, 0.2) is 18.1 Å². The van der Waals surface area contributed by atoms with Crippen LogP contribution in [0.4, 0.5) is 5.69 Å². The molecule has 0 saturated carbocycles. The second-order valence-corrected chi connectivity index (χ2v) is 9.04. The van der Waals surface area contributed by atoms with Crippen molar-refractivity contribution in [3.8, 4) is 5.75 Å². The van der Waals surface area contributed by atoms with Gasteiger partial charge in [-0.15, -0.1) is 0 Å². The number of nitrogens with zero attached hydrogens (tertiary/aromatic N) is 1. The third-order valence-electron chi connectivity index (χ3n) is 6.36. The Morgan fingerprint density at radius 1 is 1.17 bits per heavy atom. The molecule has 1 aromatic carbocycles. The van der Waals surface area contributed by atoms with Gasteiger partial charge in [-0.25, -0.2) is 4.79 Å². The average molecular weight is 579 g/mol. The lowest BCUT2D eigenvalue weighted by Crippen LogP contribution is -2.53. The number of H-pyrrole nitrogens is 1. The number of primary amides is 1. The molecule has 0 bridgehead atoms. The minimum atomic E-state index is -1.82. The zero-order chi connectivity index (χ0) is 29.8. The monoisotopic (exact) mass is 578 g/mol. The molecule has 16 heteroatoms. The topological polar surface area (TPSA) is 234 Å². The molecule has 8 atom stereocenters. The van der Waals surface area contributed by atoms with Crippen molar-refractivity contribution in [1.82, 2.24) is 9.55 Å². The minimum Gasteiger partial charge on any atom is -0.492 e. The van der Waals surface area contributed by atoms with Crippen LogP contribution in [0.2, 0.25) is 0 Å². The van der Waals surface area contributed by atoms with Crippen LogP contribution >= 0.6 is 0 Å². The van der Waals surface area contributed by atoms with Crippen LogP contribution in [0.1, 0.15) is 13.2 Å². The molecule has 222 valence electrons. The number of methoxy groups -OCH3 is 1. The number of nitrogens with two attached hydrogens (primary N) is 1. The van der Waals surface area contributed by atoms with E-state index in [0.717, 1.165) is 22.9 Å². The van der Waals surface area contributed by atoms with Crippen molar-refractivity contribution in [2.75, 3.05) is 19.0 Å². The maximum atomic E-state index is 13.0. The van der Waals surface area contributed by atoms with Crippen LogP contribution in [-0.4, -0.2) is 93.3 Å². The standard InChI is InChI=1S/C25H30N4O12/c1-3-38-13-7-5-4-6-11(13)27-22(35)14-10-12(30)16(32)24(39-14)41-20(21(26)34)19-18(37-2)17(33)23(40-19)29-9-8-15(31)28-25(29)36/h4-10,12,16-20,23-24,30,32-33H,3H2,1-2H3,(H2,26,34)(H,27,35)(H,28,31,36)/t12-,16-,17+,18-,19-,20+,23+,24+/m0/s1. The van der Waals surface area contributed by atoms with E-state index in [0.29, 0.717) is 18.0 Å². The number of para-hydroxylation sites is 2. The molecule has 0 radical (unpaired) electrons. The Labute approximate surface area is 231 Å². The number of hydrogen-bond donors (Lipinski definition) is 6. The number of carbonyl (C=O) groups excluding carboxylic acids is 2. The summed E-state index contributed by atoms with van der Waals surface area (Å²) in [6.45, 7) is 2.10. The summed E-state index contributed by atoms with van der Waals surface area (Å²) in [5.74, 6) is -2.04. The normalized spacial score (nSPS) is 28.3. The highest BCUT2D eigenvalue weighted by molar-refractivity contribution is 6.03. The van der Waals surface area contributed by atoms with E-state index in [2.05, 4.69) is 5.32 Å². The number of rotatable bonds is 10. The van der Waals surface area contributed by atoms with E-state index < -0.39 is 78.0 Å². The van der Waals surface area contributed by atoms with Crippen LogP contribution in [0, 0.1) is 0 Å². The number of nitrogens with one attached hydrogen (secondary N) is 2. The largest absolute Gasteiger partial charge is 0.492 e. The summed E-state index contributed by atoms with van der Waals surface area (Å²) >= 11 is 0. The predicted molar refractivity (Wildman–Crippen MR) is 137 cm³/mol. The average Bonchev–Trinajstić information content (AvgIpc) is 3.25. The molecule has 2 amide bonds. The van der Waals surface area contributed by atoms with Crippen molar-refractivity contribution in [3.05, 3.63) is 69.2 Å². The molecule has 0 unspecified atom stereocenters. The van der Waals surface area contributed by atoms with E-state index in [9.17, 15) is 34.5 Å². The van der Waals surface area contributed by atoms with Gasteiger partial charge in [0.2, 0.25) is 12.2 Å². The molecule has 41 heavy (non-hydrogen) atoms. The fourth-order valence-electron chi connectivity index (χ4n) is 4.42. The fourth-order valence-corrected chi connectivity index (χ4v) is 4.42. The summed E-state index contributed by atoms with van der Waals surface area (Å²) < 4.78 is 28.5. The van der Waals surface area contributed by atoms with Crippen molar-refractivity contribution < 1.29 is 48.6 Å². The van der Waals surface area contributed by atoms with Crippen molar-refractivity contribution in [3.63, 3.8) is 0 Å². The maximum Gasteiger partial charge on any atom is 0.330 e. The van der Waals surface area contributed by atoms with Gasteiger partial charge in [-0.3, -0.25) is 23.9 Å². The smallest absolute Gasteiger partial charge is 0.330 e. The van der Waals surface area contributed by atoms with Crippen LogP contribution in [0.25, 0.3) is 0 Å². The third-order valence-corrected chi connectivity index (χ3v) is 6.36. The molecular weight excluding hydrogens is 548 g/mol. The van der Waals surface area contributed by atoms with Crippen LogP contribution < -0.4 is 27.0 Å². The zero-order valence-electron chi connectivity index (χ0n) is 21.9. The Kier molecular flexibility index (Phi) is 9.21. The summed E-state index contributed by atoms with van der Waals surface area (Å²) in [5, 5.41) is 34.3. The van der Waals surface area contributed by atoms with Crippen LogP contribution in [0.15, 0.2) is 58.0 Å². The summed E-state index contributed by atoms with van der Waals surface area (Å²) in [6, 6.07) is 7.60. The number of carbonyl (C=O) groups is 2. The number of aromatic amines is 1. The molecular formula is C25H30N4O12. The molecule has 0 spiro atoms. The van der Waals surface area contributed by atoms with E-state index in [1.54, 1.807) is 31.2 Å². The molecule has 4 rings (SSSR count). The quantitative estimate of drug-likeness (QED) is 0.174. The molecule has 7 N–H and O–H groups in total. The summed E-state index contributed by atoms with van der Waals surface area (Å²) in [7, 11) is 1.20. The SMILES string of the molecule is CCOc1ccccc1NC(=O)C1=C[C@H](O)[C@H](O)[C@@H](O[C@@H](C(N)=O)[C@H]2O[C@@H](n3ccc(=O)[nH]c3=O)[C@H](O)[C@@H]2OC)O1. The Morgan fingerprint density at radius 3 is 2.56 bits per heavy atom. The molecule has 2 aliphatic rings. The van der Waals surface area contributed by atoms with Crippen molar-refractivity contribution in [2.24, 2.45) is 5.73 Å². The van der Waals surface area contributed by atoms with Gasteiger partial charge in [-0.2, -0.15) is 0 Å². The van der Waals surface area contributed by atoms with E-state index in [4.69, 9.17) is 29.4 Å². The van der Waals surface area contributed by atoms with Gasteiger partial charge in [0.05, 0.1) is 12.3 Å². The zero-order valence-corrected chi connectivity index (χ0v) is 21.9.